The molecule has 8 heteroatoms. The lowest BCUT2D eigenvalue weighted by Crippen LogP contribution is -2.31. The maximum Gasteiger partial charge on any atom is 0.449 e. The SMILES string of the molecule is FC(F)(F)c1nc2cnc3[nH]ccc3c2n1C1CCNCC1. The van der Waals surface area contributed by atoms with E-state index in [2.05, 4.69) is 20.3 Å². The van der Waals surface area contributed by atoms with Gasteiger partial charge in [0.1, 0.15) is 11.2 Å². The third-order valence-electron chi connectivity index (χ3n) is 4.16. The van der Waals surface area contributed by atoms with Crippen molar-refractivity contribution in [1.82, 2.24) is 24.8 Å². The zero-order chi connectivity index (χ0) is 15.3. The topological polar surface area (TPSA) is 58.5 Å². The van der Waals surface area contributed by atoms with Gasteiger partial charge in [-0.05, 0) is 32.0 Å². The summed E-state index contributed by atoms with van der Waals surface area (Å²) in [6.07, 6.45) is -0.0802. The maximum atomic E-state index is 13.4. The minimum Gasteiger partial charge on any atom is -0.346 e. The van der Waals surface area contributed by atoms with Gasteiger partial charge in [0.15, 0.2) is 0 Å². The number of nitrogens with zero attached hydrogens (tertiary/aromatic N) is 3. The van der Waals surface area contributed by atoms with E-state index in [1.54, 1.807) is 12.3 Å². The molecule has 0 bridgehead atoms. The highest BCUT2D eigenvalue weighted by Crippen LogP contribution is 2.37. The summed E-state index contributed by atoms with van der Waals surface area (Å²) < 4.78 is 41.7. The Hall–Kier alpha value is -2.09. The van der Waals surface area contributed by atoms with Crippen LogP contribution in [0.1, 0.15) is 24.7 Å². The predicted molar refractivity (Wildman–Crippen MR) is 75.5 cm³/mol. The van der Waals surface area contributed by atoms with Gasteiger partial charge in [-0.15, -0.1) is 0 Å². The van der Waals surface area contributed by atoms with Crippen LogP contribution >= 0.6 is 0 Å². The van der Waals surface area contributed by atoms with Gasteiger partial charge in [0.2, 0.25) is 5.82 Å². The average molecular weight is 309 g/mol. The second kappa shape index (κ2) is 4.70. The lowest BCUT2D eigenvalue weighted by Gasteiger charge is -2.26. The Morgan fingerprint density at radius 1 is 1.23 bits per heavy atom. The number of pyridine rings is 1. The monoisotopic (exact) mass is 309 g/mol. The van der Waals surface area contributed by atoms with Gasteiger partial charge in [-0.1, -0.05) is 0 Å². The predicted octanol–water partition coefficient (Wildman–Crippen LogP) is 2.86. The van der Waals surface area contributed by atoms with Crippen molar-refractivity contribution in [3.63, 3.8) is 0 Å². The number of imidazole rings is 1. The Morgan fingerprint density at radius 2 is 2.00 bits per heavy atom. The van der Waals surface area contributed by atoms with E-state index in [-0.39, 0.29) is 11.6 Å². The number of hydrogen-bond donors (Lipinski definition) is 2. The highest BCUT2D eigenvalue weighted by molar-refractivity contribution is 6.01. The maximum absolute atomic E-state index is 13.4. The number of nitrogens with one attached hydrogen (secondary N) is 2. The van der Waals surface area contributed by atoms with Crippen LogP contribution in [-0.2, 0) is 6.18 Å². The Kier molecular flexibility index (Phi) is 2.90. The van der Waals surface area contributed by atoms with Crippen LogP contribution in [0.15, 0.2) is 18.5 Å². The molecule has 0 amide bonds. The first kappa shape index (κ1) is 13.6. The van der Waals surface area contributed by atoms with Crippen LogP contribution < -0.4 is 5.32 Å². The van der Waals surface area contributed by atoms with Crippen molar-refractivity contribution in [3.8, 4) is 0 Å². The molecule has 4 rings (SSSR count). The summed E-state index contributed by atoms with van der Waals surface area (Å²) in [5, 5.41) is 3.86. The number of rotatable bonds is 1. The third kappa shape index (κ3) is 1.98. The Labute approximate surface area is 123 Å². The highest BCUT2D eigenvalue weighted by Gasteiger charge is 2.40. The first-order chi connectivity index (χ1) is 10.6. The number of halogens is 3. The van der Waals surface area contributed by atoms with E-state index in [9.17, 15) is 13.2 Å². The zero-order valence-corrected chi connectivity index (χ0v) is 11.6. The van der Waals surface area contributed by atoms with Crippen molar-refractivity contribution in [1.29, 1.82) is 0 Å². The smallest absolute Gasteiger partial charge is 0.346 e. The molecule has 0 aliphatic carbocycles. The molecule has 0 aromatic carbocycles. The molecule has 4 heterocycles. The van der Waals surface area contributed by atoms with Crippen LogP contribution in [0.2, 0.25) is 0 Å². The Morgan fingerprint density at radius 3 is 2.73 bits per heavy atom. The molecular formula is C14H14F3N5. The van der Waals surface area contributed by atoms with E-state index in [0.29, 0.717) is 42.5 Å². The molecule has 5 nitrogen and oxygen atoms in total. The fourth-order valence-corrected chi connectivity index (χ4v) is 3.21. The lowest BCUT2D eigenvalue weighted by atomic mass is 10.1. The van der Waals surface area contributed by atoms with Crippen molar-refractivity contribution in [2.45, 2.75) is 25.1 Å². The number of alkyl halides is 3. The van der Waals surface area contributed by atoms with Crippen LogP contribution in [0.4, 0.5) is 13.2 Å². The highest BCUT2D eigenvalue weighted by atomic mass is 19.4. The van der Waals surface area contributed by atoms with Crippen molar-refractivity contribution in [3.05, 3.63) is 24.3 Å². The molecule has 1 aliphatic rings. The van der Waals surface area contributed by atoms with Gasteiger partial charge in [-0.3, -0.25) is 0 Å². The normalized spacial score (nSPS) is 17.6. The summed E-state index contributed by atoms with van der Waals surface area (Å²) in [5.41, 5.74) is 1.39. The van der Waals surface area contributed by atoms with E-state index in [4.69, 9.17) is 0 Å². The summed E-state index contributed by atoms with van der Waals surface area (Å²) in [6.45, 7) is 1.42. The molecule has 0 atom stereocenters. The second-order valence-corrected chi connectivity index (χ2v) is 5.52. The first-order valence-corrected chi connectivity index (χ1v) is 7.17. The van der Waals surface area contributed by atoms with Crippen molar-refractivity contribution < 1.29 is 13.2 Å². The molecule has 1 saturated heterocycles. The standard InChI is InChI=1S/C14H14F3N5/c15-14(16,17)13-21-10-7-20-12-9(3-6-19-12)11(10)22(13)8-1-4-18-5-2-8/h3,6-8,18H,1-2,4-5H2,(H,19,20). The lowest BCUT2D eigenvalue weighted by molar-refractivity contribution is -0.147. The minimum atomic E-state index is -4.48. The number of aromatic nitrogens is 4. The number of fused-ring (bicyclic) bond motifs is 3. The largest absolute Gasteiger partial charge is 0.449 e. The Bertz CT molecular complexity index is 826. The molecule has 0 spiro atoms. The van der Waals surface area contributed by atoms with Gasteiger partial charge < -0.3 is 14.9 Å². The summed E-state index contributed by atoms with van der Waals surface area (Å²) >= 11 is 0. The molecule has 0 radical (unpaired) electrons. The van der Waals surface area contributed by atoms with Gasteiger partial charge in [0, 0.05) is 17.6 Å². The second-order valence-electron chi connectivity index (χ2n) is 5.52. The van der Waals surface area contributed by atoms with Gasteiger partial charge >= 0.3 is 6.18 Å². The van der Waals surface area contributed by atoms with Crippen molar-refractivity contribution in [2.75, 3.05) is 13.1 Å². The average Bonchev–Trinajstić information content (AvgIpc) is 3.11. The zero-order valence-electron chi connectivity index (χ0n) is 11.6. The molecular weight excluding hydrogens is 295 g/mol. The summed E-state index contributed by atoms with van der Waals surface area (Å²) in [6, 6.07) is 1.55. The van der Waals surface area contributed by atoms with Crippen molar-refractivity contribution >= 4 is 22.1 Å². The first-order valence-electron chi connectivity index (χ1n) is 7.17. The summed E-state index contributed by atoms with van der Waals surface area (Å²) in [7, 11) is 0. The van der Waals surface area contributed by atoms with E-state index in [1.807, 2.05) is 0 Å². The summed E-state index contributed by atoms with van der Waals surface area (Å²) in [4.78, 5) is 10.9. The minimum absolute atomic E-state index is 0.205. The molecule has 3 aromatic heterocycles. The fraction of sp³-hybridized carbons (Fsp3) is 0.429. The van der Waals surface area contributed by atoms with Crippen LogP contribution in [-0.4, -0.2) is 32.6 Å². The van der Waals surface area contributed by atoms with E-state index < -0.39 is 12.0 Å². The molecule has 1 fully saturated rings. The molecule has 0 saturated carbocycles. The molecule has 0 unspecified atom stereocenters. The number of piperidine rings is 1. The van der Waals surface area contributed by atoms with Gasteiger partial charge in [-0.2, -0.15) is 13.2 Å². The van der Waals surface area contributed by atoms with Crippen LogP contribution in [0.5, 0.6) is 0 Å². The van der Waals surface area contributed by atoms with Crippen molar-refractivity contribution in [2.24, 2.45) is 0 Å². The molecule has 3 aromatic rings. The van der Waals surface area contributed by atoms with Gasteiger partial charge in [-0.25, -0.2) is 9.97 Å². The van der Waals surface area contributed by atoms with Gasteiger partial charge in [0.05, 0.1) is 11.7 Å². The molecule has 2 N–H and O–H groups in total. The quantitative estimate of drug-likeness (QED) is 0.727. The number of hydrogen-bond acceptors (Lipinski definition) is 3. The molecule has 116 valence electrons. The fourth-order valence-electron chi connectivity index (χ4n) is 3.21. The van der Waals surface area contributed by atoms with E-state index in [0.717, 1.165) is 0 Å². The van der Waals surface area contributed by atoms with Crippen LogP contribution in [0.25, 0.3) is 22.1 Å². The summed E-state index contributed by atoms with van der Waals surface area (Å²) in [5.74, 6) is -0.829. The van der Waals surface area contributed by atoms with E-state index in [1.165, 1.54) is 10.8 Å². The van der Waals surface area contributed by atoms with E-state index >= 15 is 0 Å². The molecule has 1 aliphatic heterocycles. The molecule has 22 heavy (non-hydrogen) atoms. The van der Waals surface area contributed by atoms with Crippen LogP contribution in [0.3, 0.4) is 0 Å². The number of aromatic amines is 1. The van der Waals surface area contributed by atoms with Crippen LogP contribution in [0, 0.1) is 0 Å². The third-order valence-corrected chi connectivity index (χ3v) is 4.16. The van der Waals surface area contributed by atoms with Gasteiger partial charge in [0.25, 0.3) is 0 Å². The Balaban J connectivity index is 2.05. The number of H-pyrrole nitrogens is 1.